The van der Waals surface area contributed by atoms with Gasteiger partial charge in [0.05, 0.1) is 5.69 Å². The minimum absolute atomic E-state index is 0.0145. The van der Waals surface area contributed by atoms with E-state index in [0.29, 0.717) is 17.9 Å². The molecule has 0 spiro atoms. The number of anilines is 1. The van der Waals surface area contributed by atoms with Crippen LogP contribution in [-0.4, -0.2) is 11.0 Å². The van der Waals surface area contributed by atoms with Crippen LogP contribution in [0.4, 0.5) is 10.1 Å². The molecule has 0 unspecified atom stereocenters. The summed E-state index contributed by atoms with van der Waals surface area (Å²) in [4.78, 5) is 12.4. The molecule has 1 amide bonds. The van der Waals surface area contributed by atoms with E-state index < -0.39 is 11.7 Å². The van der Waals surface area contributed by atoms with Gasteiger partial charge in [0.15, 0.2) is 5.11 Å². The van der Waals surface area contributed by atoms with Crippen molar-refractivity contribution in [3.63, 3.8) is 0 Å². The first kappa shape index (κ1) is 18.5. The summed E-state index contributed by atoms with van der Waals surface area (Å²) in [5, 5.41) is 5.21. The topological polar surface area (TPSA) is 50.4 Å². The number of ether oxygens (including phenoxy) is 1. The van der Waals surface area contributed by atoms with Gasteiger partial charge in [-0.25, -0.2) is 4.39 Å². The highest BCUT2D eigenvalue weighted by Gasteiger charge is 2.10. The van der Waals surface area contributed by atoms with Crippen LogP contribution in [0.2, 0.25) is 0 Å². The number of hydrogen-bond acceptors (Lipinski definition) is 3. The standard InChI is InChI=1S/C21H17FN2O2S/c22-18-11-4-5-12-19(18)23-21(27)24-20(25)16-9-6-10-17(13-16)26-14-15-7-2-1-3-8-15/h1-13H,14H2,(H2,23,24,25,27). The van der Waals surface area contributed by atoms with Crippen LogP contribution in [0, 0.1) is 5.82 Å². The first-order valence-electron chi connectivity index (χ1n) is 8.25. The van der Waals surface area contributed by atoms with Crippen LogP contribution in [0.1, 0.15) is 15.9 Å². The fourth-order valence-electron chi connectivity index (χ4n) is 2.36. The maximum Gasteiger partial charge on any atom is 0.257 e. The molecule has 0 aromatic heterocycles. The zero-order valence-electron chi connectivity index (χ0n) is 14.3. The summed E-state index contributed by atoms with van der Waals surface area (Å²) >= 11 is 5.08. The van der Waals surface area contributed by atoms with E-state index in [1.807, 2.05) is 30.3 Å². The van der Waals surface area contributed by atoms with E-state index in [4.69, 9.17) is 17.0 Å². The number of amides is 1. The first-order valence-corrected chi connectivity index (χ1v) is 8.66. The van der Waals surface area contributed by atoms with Crippen LogP contribution in [0.3, 0.4) is 0 Å². The summed E-state index contributed by atoms with van der Waals surface area (Å²) in [5.41, 5.74) is 1.61. The average molecular weight is 380 g/mol. The molecule has 0 atom stereocenters. The highest BCUT2D eigenvalue weighted by atomic mass is 32.1. The fraction of sp³-hybridized carbons (Fsp3) is 0.0476. The minimum atomic E-state index is -0.453. The maximum absolute atomic E-state index is 13.6. The molecule has 0 fully saturated rings. The van der Waals surface area contributed by atoms with Crippen LogP contribution < -0.4 is 15.4 Å². The van der Waals surface area contributed by atoms with E-state index in [1.165, 1.54) is 12.1 Å². The van der Waals surface area contributed by atoms with E-state index >= 15 is 0 Å². The second-order valence-corrected chi connectivity index (χ2v) is 6.10. The zero-order chi connectivity index (χ0) is 19.1. The Labute approximate surface area is 162 Å². The van der Waals surface area contributed by atoms with Crippen LogP contribution in [0.5, 0.6) is 5.75 Å². The molecular formula is C21H17FN2O2S. The Morgan fingerprint density at radius 2 is 1.70 bits per heavy atom. The number of rotatable bonds is 5. The number of carbonyl (C=O) groups excluding carboxylic acids is 1. The van der Waals surface area contributed by atoms with Gasteiger partial charge in [0.2, 0.25) is 0 Å². The van der Waals surface area contributed by atoms with E-state index in [2.05, 4.69) is 10.6 Å². The molecule has 3 aromatic carbocycles. The molecule has 0 aliphatic rings. The number of benzene rings is 3. The third-order valence-corrected chi connectivity index (χ3v) is 3.90. The SMILES string of the molecule is O=C(NC(=S)Nc1ccccc1F)c1cccc(OCc2ccccc2)c1. The molecule has 0 radical (unpaired) electrons. The number of nitrogens with one attached hydrogen (secondary N) is 2. The fourth-order valence-corrected chi connectivity index (χ4v) is 2.56. The molecule has 0 bridgehead atoms. The van der Waals surface area contributed by atoms with Crippen molar-refractivity contribution in [2.24, 2.45) is 0 Å². The monoisotopic (exact) mass is 380 g/mol. The van der Waals surface area contributed by atoms with Gasteiger partial charge in [-0.2, -0.15) is 0 Å². The lowest BCUT2D eigenvalue weighted by Crippen LogP contribution is -2.34. The molecule has 27 heavy (non-hydrogen) atoms. The number of carbonyl (C=O) groups is 1. The number of hydrogen-bond donors (Lipinski definition) is 2. The number of thiocarbonyl (C=S) groups is 1. The predicted octanol–water partition coefficient (Wildman–Crippen LogP) is 4.53. The van der Waals surface area contributed by atoms with Crippen molar-refractivity contribution in [2.75, 3.05) is 5.32 Å². The second kappa shape index (κ2) is 8.91. The molecule has 4 nitrogen and oxygen atoms in total. The summed E-state index contributed by atoms with van der Waals surface area (Å²) in [7, 11) is 0. The van der Waals surface area contributed by atoms with Crippen LogP contribution in [-0.2, 0) is 6.61 Å². The Hall–Kier alpha value is -3.25. The largest absolute Gasteiger partial charge is 0.489 e. The van der Waals surface area contributed by atoms with Gasteiger partial charge in [0.25, 0.3) is 5.91 Å². The summed E-state index contributed by atoms with van der Waals surface area (Å²) in [6.45, 7) is 0.402. The van der Waals surface area contributed by atoms with Crippen LogP contribution >= 0.6 is 12.2 Å². The molecular weight excluding hydrogens is 363 g/mol. The molecule has 0 heterocycles. The summed E-state index contributed by atoms with van der Waals surface area (Å²) in [5.74, 6) is -0.293. The lowest BCUT2D eigenvalue weighted by Gasteiger charge is -2.11. The molecule has 3 aromatic rings. The van der Waals surface area contributed by atoms with Crippen molar-refractivity contribution in [3.05, 3.63) is 95.8 Å². The first-order chi connectivity index (χ1) is 13.1. The second-order valence-electron chi connectivity index (χ2n) is 5.69. The van der Waals surface area contributed by atoms with Crippen molar-refractivity contribution in [3.8, 4) is 5.75 Å². The highest BCUT2D eigenvalue weighted by Crippen LogP contribution is 2.16. The Morgan fingerprint density at radius 3 is 2.48 bits per heavy atom. The lowest BCUT2D eigenvalue weighted by molar-refractivity contribution is 0.0977. The van der Waals surface area contributed by atoms with Gasteiger partial charge < -0.3 is 10.1 Å². The Balaban J connectivity index is 1.59. The predicted molar refractivity (Wildman–Crippen MR) is 107 cm³/mol. The Kier molecular flexibility index (Phi) is 6.12. The van der Waals surface area contributed by atoms with Crippen molar-refractivity contribution in [1.29, 1.82) is 0 Å². The van der Waals surface area contributed by atoms with Crippen molar-refractivity contribution in [1.82, 2.24) is 5.32 Å². The van der Waals surface area contributed by atoms with Crippen LogP contribution in [0.25, 0.3) is 0 Å². The molecule has 0 saturated heterocycles. The molecule has 0 saturated carbocycles. The zero-order valence-corrected chi connectivity index (χ0v) is 15.1. The quantitative estimate of drug-likeness (QED) is 0.639. The van der Waals surface area contributed by atoms with Gasteiger partial charge in [0.1, 0.15) is 18.2 Å². The van der Waals surface area contributed by atoms with Gasteiger partial charge in [-0.3, -0.25) is 10.1 Å². The van der Waals surface area contributed by atoms with Gasteiger partial charge in [-0.1, -0.05) is 48.5 Å². The van der Waals surface area contributed by atoms with E-state index in [1.54, 1.807) is 36.4 Å². The summed E-state index contributed by atoms with van der Waals surface area (Å²) < 4.78 is 19.4. The highest BCUT2D eigenvalue weighted by molar-refractivity contribution is 7.80. The van der Waals surface area contributed by atoms with Gasteiger partial charge in [-0.05, 0) is 48.1 Å². The van der Waals surface area contributed by atoms with Gasteiger partial charge >= 0.3 is 0 Å². The third kappa shape index (κ3) is 5.36. The summed E-state index contributed by atoms with van der Waals surface area (Å²) in [6, 6.07) is 22.6. The normalized spacial score (nSPS) is 10.1. The average Bonchev–Trinajstić information content (AvgIpc) is 2.69. The van der Waals surface area contributed by atoms with Crippen molar-refractivity contribution >= 4 is 28.9 Å². The minimum Gasteiger partial charge on any atom is -0.489 e. The van der Waals surface area contributed by atoms with E-state index in [-0.39, 0.29) is 10.8 Å². The summed E-state index contributed by atoms with van der Waals surface area (Å²) in [6.07, 6.45) is 0. The molecule has 2 N–H and O–H groups in total. The Bertz CT molecular complexity index is 948. The van der Waals surface area contributed by atoms with Crippen molar-refractivity contribution in [2.45, 2.75) is 6.61 Å². The molecule has 136 valence electrons. The van der Waals surface area contributed by atoms with Gasteiger partial charge in [0, 0.05) is 5.56 Å². The molecule has 0 aliphatic carbocycles. The van der Waals surface area contributed by atoms with E-state index in [0.717, 1.165) is 5.56 Å². The maximum atomic E-state index is 13.6. The number of halogens is 1. The Morgan fingerprint density at radius 1 is 0.963 bits per heavy atom. The van der Waals surface area contributed by atoms with E-state index in [9.17, 15) is 9.18 Å². The number of para-hydroxylation sites is 1. The smallest absolute Gasteiger partial charge is 0.257 e. The molecule has 6 heteroatoms. The van der Waals surface area contributed by atoms with Crippen molar-refractivity contribution < 1.29 is 13.9 Å². The molecule has 3 rings (SSSR count). The molecule has 0 aliphatic heterocycles. The van der Waals surface area contributed by atoms with Crippen LogP contribution in [0.15, 0.2) is 78.9 Å². The lowest BCUT2D eigenvalue weighted by atomic mass is 10.2. The third-order valence-electron chi connectivity index (χ3n) is 3.69. The van der Waals surface area contributed by atoms with Gasteiger partial charge in [-0.15, -0.1) is 0 Å².